The SMILES string of the molecule is CCC1CCCC(C(=O)c2ccc(N)c(Br)c2)C1. The lowest BCUT2D eigenvalue weighted by atomic mass is 9.77. The van der Waals surface area contributed by atoms with Crippen molar-refractivity contribution in [1.82, 2.24) is 0 Å². The molecule has 2 N–H and O–H groups in total. The third-order valence-electron chi connectivity index (χ3n) is 4.02. The fourth-order valence-corrected chi connectivity index (χ4v) is 3.19. The molecule has 1 aliphatic rings. The van der Waals surface area contributed by atoms with Crippen molar-refractivity contribution in [3.05, 3.63) is 28.2 Å². The number of anilines is 1. The molecule has 2 unspecified atom stereocenters. The Morgan fingerprint density at radius 1 is 1.44 bits per heavy atom. The van der Waals surface area contributed by atoms with Crippen molar-refractivity contribution in [3.8, 4) is 0 Å². The van der Waals surface area contributed by atoms with Crippen molar-refractivity contribution < 1.29 is 4.79 Å². The Hall–Kier alpha value is -0.830. The summed E-state index contributed by atoms with van der Waals surface area (Å²) in [6.45, 7) is 2.22. The topological polar surface area (TPSA) is 43.1 Å². The molecule has 3 heteroatoms. The Labute approximate surface area is 117 Å². The highest BCUT2D eigenvalue weighted by atomic mass is 79.9. The summed E-state index contributed by atoms with van der Waals surface area (Å²) in [6.07, 6.45) is 5.75. The summed E-state index contributed by atoms with van der Waals surface area (Å²) in [4.78, 5) is 12.5. The molecule has 0 bridgehead atoms. The summed E-state index contributed by atoms with van der Waals surface area (Å²) in [5.41, 5.74) is 7.22. The molecule has 0 amide bonds. The molecule has 0 radical (unpaired) electrons. The normalized spacial score (nSPS) is 23.9. The van der Waals surface area contributed by atoms with E-state index >= 15 is 0 Å². The van der Waals surface area contributed by atoms with Crippen LogP contribution in [0.25, 0.3) is 0 Å². The van der Waals surface area contributed by atoms with Gasteiger partial charge in [-0.25, -0.2) is 0 Å². The Morgan fingerprint density at radius 2 is 2.22 bits per heavy atom. The number of hydrogen-bond donors (Lipinski definition) is 1. The van der Waals surface area contributed by atoms with Gasteiger partial charge >= 0.3 is 0 Å². The Kier molecular flexibility index (Phi) is 4.44. The summed E-state index contributed by atoms with van der Waals surface area (Å²) < 4.78 is 0.816. The van der Waals surface area contributed by atoms with E-state index in [1.54, 1.807) is 6.07 Å². The number of ketones is 1. The number of halogens is 1. The Balaban J connectivity index is 2.12. The van der Waals surface area contributed by atoms with Crippen LogP contribution in [0.5, 0.6) is 0 Å². The molecule has 0 saturated heterocycles. The quantitative estimate of drug-likeness (QED) is 0.663. The van der Waals surface area contributed by atoms with Crippen LogP contribution >= 0.6 is 15.9 Å². The van der Waals surface area contributed by atoms with Crippen molar-refractivity contribution in [3.63, 3.8) is 0 Å². The standard InChI is InChI=1S/C15H20BrNO/c1-2-10-4-3-5-11(8-10)15(18)12-6-7-14(17)13(16)9-12/h6-7,9-11H,2-5,8,17H2,1H3. The van der Waals surface area contributed by atoms with Crippen molar-refractivity contribution in [1.29, 1.82) is 0 Å². The van der Waals surface area contributed by atoms with Crippen molar-refractivity contribution >= 4 is 27.4 Å². The van der Waals surface area contributed by atoms with E-state index < -0.39 is 0 Å². The zero-order valence-corrected chi connectivity index (χ0v) is 12.4. The smallest absolute Gasteiger partial charge is 0.165 e. The summed E-state index contributed by atoms with van der Waals surface area (Å²) in [5, 5.41) is 0. The number of nitrogen functional groups attached to an aromatic ring is 1. The minimum atomic E-state index is 0.208. The van der Waals surface area contributed by atoms with Crippen LogP contribution in [-0.4, -0.2) is 5.78 Å². The van der Waals surface area contributed by atoms with Crippen LogP contribution in [0, 0.1) is 11.8 Å². The maximum absolute atomic E-state index is 12.5. The molecule has 0 aliphatic heterocycles. The molecular formula is C15H20BrNO. The van der Waals surface area contributed by atoms with Crippen LogP contribution in [0.2, 0.25) is 0 Å². The number of nitrogens with two attached hydrogens (primary N) is 1. The highest BCUT2D eigenvalue weighted by Crippen LogP contribution is 2.33. The van der Waals surface area contributed by atoms with Gasteiger partial charge in [0.1, 0.15) is 0 Å². The lowest BCUT2D eigenvalue weighted by Crippen LogP contribution is -2.22. The number of carbonyl (C=O) groups excluding carboxylic acids is 1. The molecule has 0 aromatic heterocycles. The molecule has 2 nitrogen and oxygen atoms in total. The number of rotatable bonds is 3. The summed E-state index contributed by atoms with van der Waals surface area (Å²) in [6, 6.07) is 5.50. The fourth-order valence-electron chi connectivity index (χ4n) is 2.82. The van der Waals surface area contributed by atoms with E-state index in [0.717, 1.165) is 28.8 Å². The third kappa shape index (κ3) is 2.94. The average Bonchev–Trinajstić information content (AvgIpc) is 2.41. The maximum atomic E-state index is 12.5. The number of carbonyl (C=O) groups is 1. The van der Waals surface area contributed by atoms with E-state index in [1.807, 2.05) is 12.1 Å². The van der Waals surface area contributed by atoms with Gasteiger partial charge < -0.3 is 5.73 Å². The van der Waals surface area contributed by atoms with Crippen LogP contribution in [0.3, 0.4) is 0 Å². The van der Waals surface area contributed by atoms with Gasteiger partial charge in [-0.15, -0.1) is 0 Å². The first-order valence-corrected chi connectivity index (χ1v) is 7.50. The molecule has 18 heavy (non-hydrogen) atoms. The van der Waals surface area contributed by atoms with Gasteiger partial charge in [0.15, 0.2) is 5.78 Å². The van der Waals surface area contributed by atoms with E-state index in [0.29, 0.717) is 5.69 Å². The van der Waals surface area contributed by atoms with Crippen LogP contribution in [0.4, 0.5) is 5.69 Å². The zero-order valence-electron chi connectivity index (χ0n) is 10.8. The molecule has 1 fully saturated rings. The van der Waals surface area contributed by atoms with E-state index in [9.17, 15) is 4.79 Å². The molecular weight excluding hydrogens is 290 g/mol. The lowest BCUT2D eigenvalue weighted by Gasteiger charge is -2.27. The van der Waals surface area contributed by atoms with Crippen LogP contribution in [-0.2, 0) is 0 Å². The van der Waals surface area contributed by atoms with Crippen molar-refractivity contribution in [2.75, 3.05) is 5.73 Å². The minimum absolute atomic E-state index is 0.208. The van der Waals surface area contributed by atoms with Crippen LogP contribution < -0.4 is 5.73 Å². The highest BCUT2D eigenvalue weighted by molar-refractivity contribution is 9.10. The fraction of sp³-hybridized carbons (Fsp3) is 0.533. The molecule has 1 aromatic rings. The molecule has 1 aromatic carbocycles. The molecule has 0 spiro atoms. The summed E-state index contributed by atoms with van der Waals surface area (Å²) in [7, 11) is 0. The van der Waals surface area contributed by atoms with Gasteiger partial charge in [-0.1, -0.05) is 26.2 Å². The second kappa shape index (κ2) is 5.87. The zero-order chi connectivity index (χ0) is 13.1. The van der Waals surface area contributed by atoms with E-state index in [-0.39, 0.29) is 11.7 Å². The van der Waals surface area contributed by atoms with Crippen LogP contribution in [0.1, 0.15) is 49.4 Å². The lowest BCUT2D eigenvalue weighted by molar-refractivity contribution is 0.0862. The monoisotopic (exact) mass is 309 g/mol. The first-order valence-electron chi connectivity index (χ1n) is 6.71. The summed E-state index contributed by atoms with van der Waals surface area (Å²) in [5.74, 6) is 1.22. The van der Waals surface area contributed by atoms with Crippen LogP contribution in [0.15, 0.2) is 22.7 Å². The first-order chi connectivity index (χ1) is 8.61. The maximum Gasteiger partial charge on any atom is 0.165 e. The predicted octanol–water partition coefficient (Wildman–Crippen LogP) is 4.43. The van der Waals surface area contributed by atoms with Gasteiger partial charge in [-0.2, -0.15) is 0 Å². The first kappa shape index (κ1) is 13.6. The number of benzene rings is 1. The van der Waals surface area contributed by atoms with E-state index in [2.05, 4.69) is 22.9 Å². The number of hydrogen-bond acceptors (Lipinski definition) is 2. The molecule has 2 rings (SSSR count). The largest absolute Gasteiger partial charge is 0.398 e. The van der Waals surface area contributed by atoms with Crippen molar-refractivity contribution in [2.24, 2.45) is 11.8 Å². The Morgan fingerprint density at radius 3 is 2.89 bits per heavy atom. The number of Topliss-reactive ketones (excluding diaryl/α,β-unsaturated/α-hetero) is 1. The van der Waals surface area contributed by atoms with Gasteiger partial charge in [0, 0.05) is 21.6 Å². The van der Waals surface area contributed by atoms with Gasteiger partial charge in [-0.05, 0) is 52.9 Å². The Bertz CT molecular complexity index is 444. The molecule has 98 valence electrons. The van der Waals surface area contributed by atoms with Gasteiger partial charge in [-0.3, -0.25) is 4.79 Å². The molecule has 1 aliphatic carbocycles. The second-order valence-electron chi connectivity index (χ2n) is 5.24. The molecule has 1 saturated carbocycles. The van der Waals surface area contributed by atoms with Crippen molar-refractivity contribution in [2.45, 2.75) is 39.0 Å². The predicted molar refractivity (Wildman–Crippen MR) is 78.6 cm³/mol. The van der Waals surface area contributed by atoms with E-state index in [4.69, 9.17) is 5.73 Å². The van der Waals surface area contributed by atoms with Gasteiger partial charge in [0.2, 0.25) is 0 Å². The second-order valence-corrected chi connectivity index (χ2v) is 6.09. The molecule has 2 atom stereocenters. The van der Waals surface area contributed by atoms with Gasteiger partial charge in [0.05, 0.1) is 0 Å². The minimum Gasteiger partial charge on any atom is -0.398 e. The average molecular weight is 310 g/mol. The van der Waals surface area contributed by atoms with E-state index in [1.165, 1.54) is 19.3 Å². The van der Waals surface area contributed by atoms with Gasteiger partial charge in [0.25, 0.3) is 0 Å². The summed E-state index contributed by atoms with van der Waals surface area (Å²) >= 11 is 3.39. The molecule has 0 heterocycles. The third-order valence-corrected chi connectivity index (χ3v) is 4.70. The highest BCUT2D eigenvalue weighted by Gasteiger charge is 2.27.